The summed E-state index contributed by atoms with van der Waals surface area (Å²) >= 11 is 5.11. The van der Waals surface area contributed by atoms with Gasteiger partial charge in [0.25, 0.3) is 17.5 Å². The summed E-state index contributed by atoms with van der Waals surface area (Å²) in [6.07, 6.45) is 1.37. The van der Waals surface area contributed by atoms with E-state index in [2.05, 4.69) is 5.32 Å². The Labute approximate surface area is 184 Å². The maximum Gasteiger partial charge on any atom is 0.270 e. The first-order valence-corrected chi connectivity index (χ1v) is 10.2. The van der Waals surface area contributed by atoms with Gasteiger partial charge < -0.3 is 9.80 Å². The average Bonchev–Trinajstić information content (AvgIpc) is 2.70. The summed E-state index contributed by atoms with van der Waals surface area (Å²) in [6, 6.07) is 4.05. The first kappa shape index (κ1) is 22.3. The third-order valence-electron chi connectivity index (χ3n) is 5.24. The molecule has 31 heavy (non-hydrogen) atoms. The van der Waals surface area contributed by atoms with Gasteiger partial charge in [-0.2, -0.15) is 0 Å². The summed E-state index contributed by atoms with van der Waals surface area (Å²) in [4.78, 5) is 52.8. The Morgan fingerprint density at radius 2 is 1.87 bits per heavy atom. The molecule has 0 aromatic heterocycles. The number of hydrogen-bond donors (Lipinski definition) is 1. The van der Waals surface area contributed by atoms with Crippen LogP contribution in [0.5, 0.6) is 0 Å². The fraction of sp³-hybridized carbons (Fsp3) is 0.400. The van der Waals surface area contributed by atoms with Gasteiger partial charge >= 0.3 is 0 Å². The van der Waals surface area contributed by atoms with E-state index in [1.807, 2.05) is 4.90 Å². The van der Waals surface area contributed by atoms with Crippen molar-refractivity contribution in [3.8, 4) is 0 Å². The molecule has 2 saturated heterocycles. The summed E-state index contributed by atoms with van der Waals surface area (Å²) in [5.41, 5.74) is 0.718. The Morgan fingerprint density at radius 3 is 2.42 bits per heavy atom. The second-order valence-corrected chi connectivity index (χ2v) is 7.97. The third kappa shape index (κ3) is 4.55. The molecule has 2 heterocycles. The maximum atomic E-state index is 12.9. The first-order valence-electron chi connectivity index (χ1n) is 9.79. The summed E-state index contributed by atoms with van der Waals surface area (Å²) in [6.45, 7) is 7.12. The highest BCUT2D eigenvalue weighted by atomic mass is 32.1. The number of anilines is 1. The Bertz CT molecular complexity index is 998. The lowest BCUT2D eigenvalue weighted by atomic mass is 10.0. The number of carbonyl (C=O) groups excluding carboxylic acids is 3. The number of non-ortho nitro benzene ring substituents is 1. The van der Waals surface area contributed by atoms with Crippen molar-refractivity contribution in [1.29, 1.82) is 0 Å². The van der Waals surface area contributed by atoms with Crippen molar-refractivity contribution >= 4 is 52.5 Å². The fourth-order valence-corrected chi connectivity index (χ4v) is 4.00. The highest BCUT2D eigenvalue weighted by molar-refractivity contribution is 7.80. The largest absolute Gasteiger partial charge is 0.367 e. The van der Waals surface area contributed by atoms with E-state index in [-0.39, 0.29) is 28.3 Å². The molecule has 1 N–H and O–H groups in total. The maximum absolute atomic E-state index is 12.9. The molecule has 11 heteroatoms. The van der Waals surface area contributed by atoms with E-state index in [0.717, 1.165) is 0 Å². The molecule has 0 saturated carbocycles. The number of nitrogens with one attached hydrogen (secondary N) is 1. The second-order valence-electron chi connectivity index (χ2n) is 7.58. The molecular weight excluding hydrogens is 422 g/mol. The highest BCUT2D eigenvalue weighted by Crippen LogP contribution is 2.29. The number of rotatable bonds is 4. The molecule has 0 radical (unpaired) electrons. The predicted octanol–water partition coefficient (Wildman–Crippen LogP) is 1.30. The molecule has 2 fully saturated rings. The standard InChI is InChI=1S/C20H23N5O5S/c1-12(2)24-19(28)16(18(27)21-20(24)31)11-14-10-15(25(29)30)4-5-17(14)23-8-6-22(7-9-23)13(3)26/h4-5,10-12H,6-9H2,1-3H3,(H,21,27,31)/b16-11-. The number of nitrogens with zero attached hydrogens (tertiary/aromatic N) is 4. The average molecular weight is 446 g/mol. The molecule has 0 spiro atoms. The normalized spacial score (nSPS) is 18.6. The van der Waals surface area contributed by atoms with E-state index in [0.29, 0.717) is 37.4 Å². The van der Waals surface area contributed by atoms with Crippen LogP contribution in [0.25, 0.3) is 6.08 Å². The van der Waals surface area contributed by atoms with Crippen molar-refractivity contribution in [2.45, 2.75) is 26.8 Å². The monoisotopic (exact) mass is 445 g/mol. The van der Waals surface area contributed by atoms with Crippen molar-refractivity contribution in [3.05, 3.63) is 39.4 Å². The van der Waals surface area contributed by atoms with Gasteiger partial charge in [-0.15, -0.1) is 0 Å². The summed E-state index contributed by atoms with van der Waals surface area (Å²) in [7, 11) is 0. The number of piperazine rings is 1. The quantitative estimate of drug-likeness (QED) is 0.244. The zero-order valence-corrected chi connectivity index (χ0v) is 18.3. The van der Waals surface area contributed by atoms with Crippen molar-refractivity contribution in [1.82, 2.24) is 15.1 Å². The van der Waals surface area contributed by atoms with Crippen LogP contribution in [0.4, 0.5) is 11.4 Å². The summed E-state index contributed by atoms with van der Waals surface area (Å²) in [5.74, 6) is -1.21. The van der Waals surface area contributed by atoms with Crippen molar-refractivity contribution < 1.29 is 19.3 Å². The molecule has 1 aromatic carbocycles. The lowest BCUT2D eigenvalue weighted by Crippen LogP contribution is -2.56. The zero-order chi connectivity index (χ0) is 22.9. The molecule has 2 aliphatic heterocycles. The minimum absolute atomic E-state index is 0.0140. The van der Waals surface area contributed by atoms with E-state index >= 15 is 0 Å². The molecule has 0 atom stereocenters. The number of amides is 3. The Hall–Kier alpha value is -3.34. The molecule has 1 aromatic rings. The van der Waals surface area contributed by atoms with Gasteiger partial charge in [-0.25, -0.2) is 0 Å². The second kappa shape index (κ2) is 8.80. The summed E-state index contributed by atoms with van der Waals surface area (Å²) in [5, 5.41) is 13.9. The lowest BCUT2D eigenvalue weighted by Gasteiger charge is -2.36. The van der Waals surface area contributed by atoms with Gasteiger partial charge in [0, 0.05) is 62.5 Å². The minimum atomic E-state index is -0.647. The topological polar surface area (TPSA) is 116 Å². The number of nitro groups is 1. The van der Waals surface area contributed by atoms with Crippen LogP contribution in [0.3, 0.4) is 0 Å². The van der Waals surface area contributed by atoms with E-state index < -0.39 is 16.7 Å². The van der Waals surface area contributed by atoms with Gasteiger partial charge in [-0.1, -0.05) is 0 Å². The van der Waals surface area contributed by atoms with E-state index in [1.54, 1.807) is 24.8 Å². The zero-order valence-electron chi connectivity index (χ0n) is 17.5. The van der Waals surface area contributed by atoms with Gasteiger partial charge in [0.1, 0.15) is 5.57 Å². The van der Waals surface area contributed by atoms with E-state index in [9.17, 15) is 24.5 Å². The number of hydrogen-bond acceptors (Lipinski definition) is 7. The van der Waals surface area contributed by atoms with Crippen LogP contribution in [-0.2, 0) is 14.4 Å². The molecule has 0 bridgehead atoms. The number of carbonyl (C=O) groups is 3. The Balaban J connectivity index is 2.02. The fourth-order valence-electron chi connectivity index (χ4n) is 3.62. The summed E-state index contributed by atoms with van der Waals surface area (Å²) < 4.78 is 0. The van der Waals surface area contributed by atoms with Crippen LogP contribution in [0.2, 0.25) is 0 Å². The Kier molecular flexibility index (Phi) is 6.34. The number of nitro benzene ring substituents is 1. The Morgan fingerprint density at radius 1 is 1.23 bits per heavy atom. The lowest BCUT2D eigenvalue weighted by molar-refractivity contribution is -0.384. The van der Waals surface area contributed by atoms with E-state index in [4.69, 9.17) is 12.2 Å². The van der Waals surface area contributed by atoms with Crippen LogP contribution < -0.4 is 10.2 Å². The molecule has 0 aliphatic carbocycles. The predicted molar refractivity (Wildman–Crippen MR) is 118 cm³/mol. The van der Waals surface area contributed by atoms with Gasteiger partial charge in [0.05, 0.1) is 4.92 Å². The van der Waals surface area contributed by atoms with Crippen LogP contribution >= 0.6 is 12.2 Å². The molecular formula is C20H23N5O5S. The van der Waals surface area contributed by atoms with Crippen LogP contribution in [0, 0.1) is 10.1 Å². The smallest absolute Gasteiger partial charge is 0.270 e. The van der Waals surface area contributed by atoms with Crippen LogP contribution in [-0.4, -0.2) is 69.8 Å². The molecule has 2 aliphatic rings. The number of benzene rings is 1. The van der Waals surface area contributed by atoms with Gasteiger partial charge in [-0.05, 0) is 38.2 Å². The third-order valence-corrected chi connectivity index (χ3v) is 5.54. The molecule has 10 nitrogen and oxygen atoms in total. The minimum Gasteiger partial charge on any atom is -0.367 e. The first-order chi connectivity index (χ1) is 14.6. The van der Waals surface area contributed by atoms with Crippen molar-refractivity contribution in [3.63, 3.8) is 0 Å². The molecule has 3 amide bonds. The van der Waals surface area contributed by atoms with Gasteiger partial charge in [0.2, 0.25) is 5.91 Å². The SMILES string of the molecule is CC(=O)N1CCN(c2ccc([N+](=O)[O-])cc2/C=C2/C(=O)NC(=S)N(C(C)C)C2=O)CC1. The van der Waals surface area contributed by atoms with Crippen molar-refractivity contribution in [2.24, 2.45) is 0 Å². The van der Waals surface area contributed by atoms with E-state index in [1.165, 1.54) is 30.0 Å². The highest BCUT2D eigenvalue weighted by Gasteiger charge is 2.35. The van der Waals surface area contributed by atoms with Gasteiger partial charge in [0.15, 0.2) is 5.11 Å². The van der Waals surface area contributed by atoms with Gasteiger partial charge in [-0.3, -0.25) is 34.7 Å². The van der Waals surface area contributed by atoms with Crippen molar-refractivity contribution in [2.75, 3.05) is 31.1 Å². The van der Waals surface area contributed by atoms with Crippen LogP contribution in [0.1, 0.15) is 26.3 Å². The molecule has 164 valence electrons. The molecule has 3 rings (SSSR count). The molecule has 0 unspecified atom stereocenters. The van der Waals surface area contributed by atoms with Crippen LogP contribution in [0.15, 0.2) is 23.8 Å². The number of thiocarbonyl (C=S) groups is 1.